The number of benzene rings is 1. The van der Waals surface area contributed by atoms with Crippen LogP contribution in [0.3, 0.4) is 0 Å². The highest BCUT2D eigenvalue weighted by Crippen LogP contribution is 2.32. The lowest BCUT2D eigenvalue weighted by molar-refractivity contribution is 0.0967. The minimum absolute atomic E-state index is 0.0756. The molecular formula is C11H13NO4S. The van der Waals surface area contributed by atoms with E-state index in [0.717, 1.165) is 12.8 Å². The van der Waals surface area contributed by atoms with Gasteiger partial charge < -0.3 is 0 Å². The Morgan fingerprint density at radius 1 is 1.29 bits per heavy atom. The first kappa shape index (κ1) is 12.2. The minimum atomic E-state index is -3.64. The second-order valence-electron chi connectivity index (χ2n) is 3.95. The molecule has 1 saturated carbocycles. The van der Waals surface area contributed by atoms with Gasteiger partial charge in [-0.3, -0.25) is 9.63 Å². The van der Waals surface area contributed by atoms with Gasteiger partial charge in [-0.15, -0.1) is 0 Å². The first-order valence-corrected chi connectivity index (χ1v) is 6.72. The van der Waals surface area contributed by atoms with Crippen LogP contribution in [-0.2, 0) is 14.9 Å². The zero-order chi connectivity index (χ0) is 12.5. The number of hydrogen-bond acceptors (Lipinski definition) is 4. The second-order valence-corrected chi connectivity index (χ2v) is 5.60. The van der Waals surface area contributed by atoms with Crippen molar-refractivity contribution < 1.29 is 18.0 Å². The molecule has 17 heavy (non-hydrogen) atoms. The zero-order valence-electron chi connectivity index (χ0n) is 9.34. The number of hydrogen-bond donors (Lipinski definition) is 1. The van der Waals surface area contributed by atoms with Crippen LogP contribution in [0.5, 0.6) is 0 Å². The molecule has 0 unspecified atom stereocenters. The van der Waals surface area contributed by atoms with Crippen molar-refractivity contribution in [3.63, 3.8) is 0 Å². The summed E-state index contributed by atoms with van der Waals surface area (Å²) >= 11 is 0. The molecule has 0 aromatic heterocycles. The summed E-state index contributed by atoms with van der Waals surface area (Å²) in [4.78, 5) is 18.1. The van der Waals surface area contributed by atoms with E-state index in [0.29, 0.717) is 5.56 Å². The maximum Gasteiger partial charge on any atom is 0.262 e. The Bertz CT molecular complexity index is 517. The molecule has 0 amide bonds. The molecule has 0 atom stereocenters. The summed E-state index contributed by atoms with van der Waals surface area (Å²) in [5, 5.41) is 0. The summed E-state index contributed by atoms with van der Waals surface area (Å²) in [6, 6.07) is 5.86. The Morgan fingerprint density at radius 3 is 2.35 bits per heavy atom. The number of sulfonamides is 1. The lowest BCUT2D eigenvalue weighted by atomic mass is 10.1. The maximum atomic E-state index is 11.7. The molecule has 0 heterocycles. The van der Waals surface area contributed by atoms with E-state index < -0.39 is 10.0 Å². The standard InChI is InChI=1S/C11H13NO4S/c1-16-12-17(14,15)10-6-4-9(5-7-10)11(13)8-2-3-8/h4-8,12H,2-3H2,1H3. The first-order chi connectivity index (χ1) is 8.04. The predicted octanol–water partition coefficient (Wildman–Crippen LogP) is 1.12. The van der Waals surface area contributed by atoms with Gasteiger partial charge >= 0.3 is 0 Å². The second kappa shape index (κ2) is 4.56. The summed E-state index contributed by atoms with van der Waals surface area (Å²) in [5.41, 5.74) is 0.559. The highest BCUT2D eigenvalue weighted by molar-refractivity contribution is 7.89. The van der Waals surface area contributed by atoms with Crippen molar-refractivity contribution in [2.24, 2.45) is 5.92 Å². The number of Topliss-reactive ketones (excluding diaryl/α,β-unsaturated/α-hetero) is 1. The van der Waals surface area contributed by atoms with Crippen LogP contribution in [0.2, 0.25) is 0 Å². The van der Waals surface area contributed by atoms with Crippen LogP contribution < -0.4 is 4.89 Å². The zero-order valence-corrected chi connectivity index (χ0v) is 10.2. The van der Waals surface area contributed by atoms with E-state index >= 15 is 0 Å². The van der Waals surface area contributed by atoms with Gasteiger partial charge in [0.15, 0.2) is 5.78 Å². The van der Waals surface area contributed by atoms with E-state index in [1.165, 1.54) is 31.4 Å². The van der Waals surface area contributed by atoms with Crippen molar-refractivity contribution >= 4 is 15.8 Å². The van der Waals surface area contributed by atoms with Gasteiger partial charge in [0.25, 0.3) is 10.0 Å². The minimum Gasteiger partial charge on any atom is -0.294 e. The van der Waals surface area contributed by atoms with Crippen LogP contribution >= 0.6 is 0 Å². The topological polar surface area (TPSA) is 72.5 Å². The average molecular weight is 255 g/mol. The van der Waals surface area contributed by atoms with Gasteiger partial charge in [-0.2, -0.15) is 0 Å². The molecule has 1 aliphatic carbocycles. The molecule has 1 fully saturated rings. The van der Waals surface area contributed by atoms with Gasteiger partial charge in [0.2, 0.25) is 0 Å². The van der Waals surface area contributed by atoms with Gasteiger partial charge in [-0.05, 0) is 25.0 Å². The van der Waals surface area contributed by atoms with Crippen molar-refractivity contribution in [2.45, 2.75) is 17.7 Å². The van der Waals surface area contributed by atoms with Crippen LogP contribution in [0, 0.1) is 5.92 Å². The van der Waals surface area contributed by atoms with Crippen LogP contribution in [0.4, 0.5) is 0 Å². The van der Waals surface area contributed by atoms with Crippen molar-refractivity contribution in [1.82, 2.24) is 4.89 Å². The molecule has 1 N–H and O–H groups in total. The molecule has 2 rings (SSSR count). The van der Waals surface area contributed by atoms with E-state index in [9.17, 15) is 13.2 Å². The molecule has 92 valence electrons. The van der Waals surface area contributed by atoms with Crippen LogP contribution in [0.1, 0.15) is 23.2 Å². The highest BCUT2D eigenvalue weighted by Gasteiger charge is 2.30. The lowest BCUT2D eigenvalue weighted by Crippen LogP contribution is -2.22. The van der Waals surface area contributed by atoms with Gasteiger partial charge in [0, 0.05) is 11.5 Å². The number of rotatable bonds is 5. The van der Waals surface area contributed by atoms with Gasteiger partial charge in [0.05, 0.1) is 12.0 Å². The molecule has 5 nitrogen and oxygen atoms in total. The van der Waals surface area contributed by atoms with E-state index in [2.05, 4.69) is 4.84 Å². The Balaban J connectivity index is 2.20. The fraction of sp³-hybridized carbons (Fsp3) is 0.364. The maximum absolute atomic E-state index is 11.7. The summed E-state index contributed by atoms with van der Waals surface area (Å²) in [6.45, 7) is 0. The molecular weight excluding hydrogens is 242 g/mol. The normalized spacial score (nSPS) is 15.8. The van der Waals surface area contributed by atoms with E-state index in [-0.39, 0.29) is 16.6 Å². The van der Waals surface area contributed by atoms with E-state index in [4.69, 9.17) is 0 Å². The quantitative estimate of drug-likeness (QED) is 0.632. The van der Waals surface area contributed by atoms with Gasteiger partial charge in [-0.1, -0.05) is 17.0 Å². The van der Waals surface area contributed by atoms with Crippen molar-refractivity contribution in [2.75, 3.05) is 7.11 Å². The molecule has 1 aromatic rings. The molecule has 0 saturated heterocycles. The lowest BCUT2D eigenvalue weighted by Gasteiger charge is -2.05. The summed E-state index contributed by atoms with van der Waals surface area (Å²) in [6.07, 6.45) is 1.87. The Labute approximate surface area is 99.8 Å². The largest absolute Gasteiger partial charge is 0.294 e. The van der Waals surface area contributed by atoms with Crippen molar-refractivity contribution in [3.05, 3.63) is 29.8 Å². The number of nitrogens with one attached hydrogen (secondary N) is 1. The van der Waals surface area contributed by atoms with Crippen molar-refractivity contribution in [3.8, 4) is 0 Å². The van der Waals surface area contributed by atoms with E-state index in [1.54, 1.807) is 0 Å². The third-order valence-electron chi connectivity index (χ3n) is 2.59. The third-order valence-corrected chi connectivity index (χ3v) is 3.87. The number of ketones is 1. The van der Waals surface area contributed by atoms with Crippen LogP contribution in [0.15, 0.2) is 29.2 Å². The molecule has 0 aliphatic heterocycles. The van der Waals surface area contributed by atoms with Gasteiger partial charge in [0.1, 0.15) is 0 Å². The number of carbonyl (C=O) groups is 1. The molecule has 0 bridgehead atoms. The molecule has 1 aliphatic rings. The molecule has 1 aromatic carbocycles. The summed E-state index contributed by atoms with van der Waals surface area (Å²) in [7, 11) is -2.42. The van der Waals surface area contributed by atoms with Crippen molar-refractivity contribution in [1.29, 1.82) is 0 Å². The SMILES string of the molecule is CONS(=O)(=O)c1ccc(C(=O)C2CC2)cc1. The fourth-order valence-electron chi connectivity index (χ4n) is 1.54. The monoisotopic (exact) mass is 255 g/mol. The van der Waals surface area contributed by atoms with Gasteiger partial charge in [-0.25, -0.2) is 8.42 Å². The van der Waals surface area contributed by atoms with Crippen LogP contribution in [0.25, 0.3) is 0 Å². The highest BCUT2D eigenvalue weighted by atomic mass is 32.2. The fourth-order valence-corrected chi connectivity index (χ4v) is 2.35. The Kier molecular flexibility index (Phi) is 3.28. The first-order valence-electron chi connectivity index (χ1n) is 5.23. The van der Waals surface area contributed by atoms with E-state index in [1.807, 2.05) is 4.89 Å². The molecule has 6 heteroatoms. The van der Waals surface area contributed by atoms with Crippen LogP contribution in [-0.4, -0.2) is 21.3 Å². The number of carbonyl (C=O) groups excluding carboxylic acids is 1. The predicted molar refractivity (Wildman–Crippen MR) is 60.8 cm³/mol. The Morgan fingerprint density at radius 2 is 1.88 bits per heavy atom. The molecule has 0 radical (unpaired) electrons. The summed E-state index contributed by atoms with van der Waals surface area (Å²) < 4.78 is 23.1. The average Bonchev–Trinajstić information content (AvgIpc) is 3.12. The summed E-state index contributed by atoms with van der Waals surface area (Å²) in [5.74, 6) is 0.225. The molecule has 0 spiro atoms. The third kappa shape index (κ3) is 2.71. The smallest absolute Gasteiger partial charge is 0.262 e. The Hall–Kier alpha value is -1.24.